The molecule has 1 atom stereocenters. The van der Waals surface area contributed by atoms with E-state index < -0.39 is 10.0 Å². The number of piperidine rings is 1. The van der Waals surface area contributed by atoms with Crippen LogP contribution < -0.4 is 10.1 Å². The van der Waals surface area contributed by atoms with E-state index in [9.17, 15) is 8.42 Å². The van der Waals surface area contributed by atoms with Crippen molar-refractivity contribution in [3.8, 4) is 5.75 Å². The molecular formula is C17H26N2O3S. The first-order valence-corrected chi connectivity index (χ1v) is 10.2. The molecule has 3 rings (SSSR count). The predicted octanol–water partition coefficient (Wildman–Crippen LogP) is 1.57. The highest BCUT2D eigenvalue weighted by molar-refractivity contribution is 7.88. The zero-order chi connectivity index (χ0) is 16.4. The lowest BCUT2D eigenvalue weighted by molar-refractivity contribution is 0.267. The summed E-state index contributed by atoms with van der Waals surface area (Å²) in [6.07, 6.45) is 6.36. The van der Waals surface area contributed by atoms with Gasteiger partial charge < -0.3 is 10.1 Å². The van der Waals surface area contributed by atoms with Crippen molar-refractivity contribution in [2.45, 2.75) is 44.2 Å². The van der Waals surface area contributed by atoms with Crippen molar-refractivity contribution < 1.29 is 13.2 Å². The standard InChI is InChI=1S/C17H26N2O3S/c1-22-17-6-4-13-3-5-16(11-14(13)12-17)18-15-7-9-19(10-8-15)23(2,20)21/h4,6,12,15-16,18H,3,5,7-11H2,1-2H3/t16-/m1/s1. The number of sulfonamides is 1. The molecule has 0 radical (unpaired) electrons. The number of fused-ring (bicyclic) bond motifs is 1. The Balaban J connectivity index is 1.56. The molecule has 128 valence electrons. The van der Waals surface area contributed by atoms with Crippen LogP contribution in [-0.2, 0) is 22.9 Å². The number of methoxy groups -OCH3 is 1. The fourth-order valence-electron chi connectivity index (χ4n) is 3.69. The Labute approximate surface area is 139 Å². The SMILES string of the molecule is COc1ccc2c(c1)C[C@H](NC1CCN(S(C)(=O)=O)CC1)CC2. The summed E-state index contributed by atoms with van der Waals surface area (Å²) in [5, 5.41) is 3.75. The van der Waals surface area contributed by atoms with Crippen LogP contribution in [0, 0.1) is 0 Å². The highest BCUT2D eigenvalue weighted by atomic mass is 32.2. The minimum atomic E-state index is -3.04. The average Bonchev–Trinajstić information content (AvgIpc) is 2.54. The van der Waals surface area contributed by atoms with E-state index >= 15 is 0 Å². The first kappa shape index (κ1) is 16.7. The summed E-state index contributed by atoms with van der Waals surface area (Å²) >= 11 is 0. The number of hydrogen-bond acceptors (Lipinski definition) is 4. The van der Waals surface area contributed by atoms with Crippen molar-refractivity contribution in [1.29, 1.82) is 0 Å². The molecule has 1 aromatic carbocycles. The molecule has 1 saturated heterocycles. The molecule has 0 bridgehead atoms. The van der Waals surface area contributed by atoms with Gasteiger partial charge in [-0.25, -0.2) is 12.7 Å². The molecule has 1 aromatic rings. The second-order valence-corrected chi connectivity index (χ2v) is 8.66. The van der Waals surface area contributed by atoms with Gasteiger partial charge in [0.05, 0.1) is 13.4 Å². The lowest BCUT2D eigenvalue weighted by Gasteiger charge is -2.35. The van der Waals surface area contributed by atoms with Gasteiger partial charge in [0.2, 0.25) is 10.0 Å². The molecule has 1 fully saturated rings. The van der Waals surface area contributed by atoms with Crippen molar-refractivity contribution in [2.24, 2.45) is 0 Å². The molecule has 1 N–H and O–H groups in total. The van der Waals surface area contributed by atoms with Crippen LogP contribution in [-0.4, -0.2) is 51.3 Å². The number of rotatable bonds is 4. The Morgan fingerprint density at radius 2 is 1.87 bits per heavy atom. The summed E-state index contributed by atoms with van der Waals surface area (Å²) in [7, 11) is -1.33. The number of ether oxygens (including phenoxy) is 1. The maximum absolute atomic E-state index is 11.6. The minimum Gasteiger partial charge on any atom is -0.497 e. The Kier molecular flexibility index (Phi) is 4.94. The number of nitrogens with one attached hydrogen (secondary N) is 1. The second-order valence-electron chi connectivity index (χ2n) is 6.68. The van der Waals surface area contributed by atoms with E-state index in [2.05, 4.69) is 17.4 Å². The third-order valence-corrected chi connectivity index (χ3v) is 6.34. The smallest absolute Gasteiger partial charge is 0.211 e. The van der Waals surface area contributed by atoms with Crippen LogP contribution in [0.15, 0.2) is 18.2 Å². The Morgan fingerprint density at radius 1 is 1.13 bits per heavy atom. The Morgan fingerprint density at radius 3 is 2.52 bits per heavy atom. The third-order valence-electron chi connectivity index (χ3n) is 5.04. The van der Waals surface area contributed by atoms with Gasteiger partial charge in [0, 0.05) is 25.2 Å². The van der Waals surface area contributed by atoms with E-state index in [-0.39, 0.29) is 0 Å². The van der Waals surface area contributed by atoms with Crippen LogP contribution in [0.25, 0.3) is 0 Å². The summed E-state index contributed by atoms with van der Waals surface area (Å²) in [6, 6.07) is 7.26. The molecule has 0 amide bonds. The maximum Gasteiger partial charge on any atom is 0.211 e. The van der Waals surface area contributed by atoms with Gasteiger partial charge >= 0.3 is 0 Å². The minimum absolute atomic E-state index is 0.421. The van der Waals surface area contributed by atoms with Crippen LogP contribution in [0.4, 0.5) is 0 Å². The summed E-state index contributed by atoms with van der Waals surface area (Å²) < 4.78 is 30.1. The fraction of sp³-hybridized carbons (Fsp3) is 0.647. The third kappa shape index (κ3) is 4.05. The predicted molar refractivity (Wildman–Crippen MR) is 91.4 cm³/mol. The maximum atomic E-state index is 11.6. The fourth-order valence-corrected chi connectivity index (χ4v) is 4.56. The summed E-state index contributed by atoms with van der Waals surface area (Å²) in [6.45, 7) is 1.27. The molecule has 5 nitrogen and oxygen atoms in total. The lowest BCUT2D eigenvalue weighted by atomic mass is 9.87. The van der Waals surface area contributed by atoms with Gasteiger partial charge in [-0.15, -0.1) is 0 Å². The normalized spacial score (nSPS) is 23.5. The van der Waals surface area contributed by atoms with E-state index in [1.165, 1.54) is 17.4 Å². The van der Waals surface area contributed by atoms with Gasteiger partial charge in [-0.1, -0.05) is 6.07 Å². The van der Waals surface area contributed by atoms with E-state index in [1.54, 1.807) is 11.4 Å². The molecule has 0 aromatic heterocycles. The van der Waals surface area contributed by atoms with Crippen LogP contribution in [0.5, 0.6) is 5.75 Å². The summed E-state index contributed by atoms with van der Waals surface area (Å²) in [4.78, 5) is 0. The van der Waals surface area contributed by atoms with E-state index in [4.69, 9.17) is 4.74 Å². The Hall–Kier alpha value is -1.11. The van der Waals surface area contributed by atoms with Crippen LogP contribution >= 0.6 is 0 Å². The van der Waals surface area contributed by atoms with Crippen molar-refractivity contribution in [1.82, 2.24) is 9.62 Å². The topological polar surface area (TPSA) is 58.6 Å². The molecule has 1 heterocycles. The molecule has 0 unspecified atom stereocenters. The molecule has 0 spiro atoms. The molecule has 1 aliphatic carbocycles. The zero-order valence-corrected chi connectivity index (χ0v) is 14.7. The van der Waals surface area contributed by atoms with Crippen LogP contribution in [0.1, 0.15) is 30.4 Å². The van der Waals surface area contributed by atoms with Gasteiger partial charge in [0.15, 0.2) is 0 Å². The van der Waals surface area contributed by atoms with Gasteiger partial charge in [0.25, 0.3) is 0 Å². The lowest BCUT2D eigenvalue weighted by Crippen LogP contribution is -2.48. The largest absolute Gasteiger partial charge is 0.497 e. The number of benzene rings is 1. The molecule has 2 aliphatic rings. The Bertz CT molecular complexity index is 652. The van der Waals surface area contributed by atoms with E-state index in [0.29, 0.717) is 25.2 Å². The number of aryl methyl sites for hydroxylation is 1. The molecular weight excluding hydrogens is 312 g/mol. The number of hydrogen-bond donors (Lipinski definition) is 1. The summed E-state index contributed by atoms with van der Waals surface area (Å²) in [5.41, 5.74) is 2.80. The van der Waals surface area contributed by atoms with E-state index in [0.717, 1.165) is 37.9 Å². The highest BCUT2D eigenvalue weighted by Gasteiger charge is 2.27. The number of nitrogens with zero attached hydrogens (tertiary/aromatic N) is 1. The monoisotopic (exact) mass is 338 g/mol. The van der Waals surface area contributed by atoms with E-state index in [1.807, 2.05) is 6.07 Å². The zero-order valence-electron chi connectivity index (χ0n) is 13.9. The second kappa shape index (κ2) is 6.79. The molecule has 0 saturated carbocycles. The van der Waals surface area contributed by atoms with Crippen molar-refractivity contribution in [3.05, 3.63) is 29.3 Å². The molecule has 6 heteroatoms. The van der Waals surface area contributed by atoms with Crippen molar-refractivity contribution in [3.63, 3.8) is 0 Å². The van der Waals surface area contributed by atoms with Crippen molar-refractivity contribution >= 4 is 10.0 Å². The molecule has 1 aliphatic heterocycles. The van der Waals surface area contributed by atoms with Crippen LogP contribution in [0.2, 0.25) is 0 Å². The van der Waals surface area contributed by atoms with Gasteiger partial charge in [-0.2, -0.15) is 0 Å². The van der Waals surface area contributed by atoms with Gasteiger partial charge in [-0.3, -0.25) is 0 Å². The average molecular weight is 338 g/mol. The first-order chi connectivity index (χ1) is 11.0. The van der Waals surface area contributed by atoms with Gasteiger partial charge in [-0.05, 0) is 55.4 Å². The van der Waals surface area contributed by atoms with Crippen LogP contribution in [0.3, 0.4) is 0 Å². The quantitative estimate of drug-likeness (QED) is 0.905. The first-order valence-electron chi connectivity index (χ1n) is 8.32. The molecule has 23 heavy (non-hydrogen) atoms. The van der Waals surface area contributed by atoms with Crippen molar-refractivity contribution in [2.75, 3.05) is 26.5 Å². The summed E-state index contributed by atoms with van der Waals surface area (Å²) in [5.74, 6) is 0.922. The van der Waals surface area contributed by atoms with Gasteiger partial charge in [0.1, 0.15) is 5.75 Å². The highest BCUT2D eigenvalue weighted by Crippen LogP contribution is 2.26.